The van der Waals surface area contributed by atoms with E-state index in [1.807, 2.05) is 43.0 Å². The van der Waals surface area contributed by atoms with E-state index >= 15 is 0 Å². The third-order valence-corrected chi connectivity index (χ3v) is 5.53. The minimum Gasteiger partial charge on any atom is -0.497 e. The van der Waals surface area contributed by atoms with Crippen molar-refractivity contribution in [3.8, 4) is 17.0 Å². The number of hydrogen-bond acceptors (Lipinski definition) is 4. The van der Waals surface area contributed by atoms with Crippen molar-refractivity contribution in [3.05, 3.63) is 48.2 Å². The van der Waals surface area contributed by atoms with Crippen LogP contribution in [0, 0.1) is 0 Å². The number of methoxy groups -OCH3 is 1. The summed E-state index contributed by atoms with van der Waals surface area (Å²) in [7, 11) is 1.68. The molecule has 0 radical (unpaired) electrons. The summed E-state index contributed by atoms with van der Waals surface area (Å²) in [6, 6.07) is 14.2. The van der Waals surface area contributed by atoms with Gasteiger partial charge in [0, 0.05) is 36.8 Å². The molecule has 1 saturated heterocycles. The lowest BCUT2D eigenvalue weighted by Crippen LogP contribution is -2.43. The Morgan fingerprint density at radius 2 is 2.00 bits per heavy atom. The van der Waals surface area contributed by atoms with E-state index in [0.29, 0.717) is 12.5 Å². The monoisotopic (exact) mass is 381 g/mol. The van der Waals surface area contributed by atoms with E-state index in [1.165, 1.54) is 0 Å². The summed E-state index contributed by atoms with van der Waals surface area (Å²) in [4.78, 5) is 21.6. The van der Waals surface area contributed by atoms with E-state index in [9.17, 15) is 4.79 Å². The first-order chi connectivity index (χ1) is 13.6. The highest BCUT2D eigenvalue weighted by atomic mass is 16.5. The maximum atomic E-state index is 12.5. The quantitative estimate of drug-likeness (QED) is 0.732. The molecule has 1 aromatic heterocycles. The third kappa shape index (κ3) is 4.90. The number of hydrogen-bond donors (Lipinski definition) is 0. The van der Waals surface area contributed by atoms with Gasteiger partial charge in [-0.1, -0.05) is 18.2 Å². The highest BCUT2D eigenvalue weighted by Gasteiger charge is 2.25. The fourth-order valence-electron chi connectivity index (χ4n) is 3.93. The second kappa shape index (κ2) is 9.69. The molecule has 0 unspecified atom stereocenters. The summed E-state index contributed by atoms with van der Waals surface area (Å²) >= 11 is 0. The predicted octanol–water partition coefficient (Wildman–Crippen LogP) is 3.81. The van der Waals surface area contributed by atoms with E-state index in [0.717, 1.165) is 61.7 Å². The molecule has 28 heavy (non-hydrogen) atoms. The van der Waals surface area contributed by atoms with Crippen LogP contribution in [0.4, 0.5) is 0 Å². The van der Waals surface area contributed by atoms with E-state index < -0.39 is 0 Å². The summed E-state index contributed by atoms with van der Waals surface area (Å²) in [5, 5.41) is 0. The molecule has 0 aliphatic carbocycles. The third-order valence-electron chi connectivity index (χ3n) is 5.53. The molecule has 0 bridgehead atoms. The average molecular weight is 382 g/mol. The van der Waals surface area contributed by atoms with Gasteiger partial charge in [0.2, 0.25) is 5.91 Å². The first kappa shape index (κ1) is 20.3. The lowest BCUT2D eigenvalue weighted by molar-refractivity contribution is -0.132. The van der Waals surface area contributed by atoms with Gasteiger partial charge in [-0.2, -0.15) is 0 Å². The lowest BCUT2D eigenvalue weighted by Gasteiger charge is -2.33. The number of pyridine rings is 1. The zero-order valence-corrected chi connectivity index (χ0v) is 17.2. The van der Waals surface area contributed by atoms with Crippen molar-refractivity contribution in [2.24, 2.45) is 0 Å². The number of likely N-dealkylation sites (tertiary alicyclic amines) is 1. The Balaban J connectivity index is 1.72. The molecule has 1 atom stereocenters. The molecule has 2 heterocycles. The van der Waals surface area contributed by atoms with Gasteiger partial charge in [0.15, 0.2) is 0 Å². The van der Waals surface area contributed by atoms with E-state index in [-0.39, 0.29) is 5.91 Å². The first-order valence-electron chi connectivity index (χ1n) is 10.3. The molecular weight excluding hydrogens is 350 g/mol. The Morgan fingerprint density at radius 3 is 2.75 bits per heavy atom. The molecule has 3 rings (SSSR count). The molecular formula is C23H31N3O2. The minimum atomic E-state index is 0.226. The van der Waals surface area contributed by atoms with Gasteiger partial charge in [0.05, 0.1) is 19.3 Å². The normalized spacial score (nSPS) is 17.3. The fraction of sp³-hybridized carbons (Fsp3) is 0.478. The summed E-state index contributed by atoms with van der Waals surface area (Å²) in [6.07, 6.45) is 2.21. The Labute approximate surface area is 168 Å². The van der Waals surface area contributed by atoms with Crippen LogP contribution in [0.1, 0.15) is 38.3 Å². The van der Waals surface area contributed by atoms with Crippen LogP contribution >= 0.6 is 0 Å². The molecule has 1 aliphatic heterocycles. The van der Waals surface area contributed by atoms with Gasteiger partial charge in [0.1, 0.15) is 5.75 Å². The highest BCUT2D eigenvalue weighted by molar-refractivity contribution is 5.78. The number of aromatic nitrogens is 1. The van der Waals surface area contributed by atoms with Crippen molar-refractivity contribution in [1.29, 1.82) is 0 Å². The number of likely N-dealkylation sites (N-methyl/N-ethyl adjacent to an activating group) is 1. The number of amides is 1. The number of benzene rings is 1. The van der Waals surface area contributed by atoms with Crippen LogP contribution in [0.5, 0.6) is 5.75 Å². The topological polar surface area (TPSA) is 45.7 Å². The molecule has 2 aromatic rings. The lowest BCUT2D eigenvalue weighted by atomic mass is 9.93. The number of piperidine rings is 1. The van der Waals surface area contributed by atoms with Crippen LogP contribution in [0.25, 0.3) is 11.3 Å². The van der Waals surface area contributed by atoms with Crippen molar-refractivity contribution in [2.45, 2.75) is 32.6 Å². The molecule has 0 saturated carbocycles. The fourth-order valence-corrected chi connectivity index (χ4v) is 3.93. The molecule has 1 aliphatic rings. The maximum Gasteiger partial charge on any atom is 0.236 e. The van der Waals surface area contributed by atoms with Gasteiger partial charge < -0.3 is 9.64 Å². The van der Waals surface area contributed by atoms with Crippen molar-refractivity contribution in [3.63, 3.8) is 0 Å². The van der Waals surface area contributed by atoms with Crippen LogP contribution < -0.4 is 4.74 Å². The van der Waals surface area contributed by atoms with Crippen molar-refractivity contribution < 1.29 is 9.53 Å². The Morgan fingerprint density at radius 1 is 1.21 bits per heavy atom. The van der Waals surface area contributed by atoms with Gasteiger partial charge >= 0.3 is 0 Å². The Kier molecular flexibility index (Phi) is 7.04. The Hall–Kier alpha value is -2.40. The zero-order chi connectivity index (χ0) is 19.9. The molecule has 1 fully saturated rings. The van der Waals surface area contributed by atoms with Gasteiger partial charge in [0.25, 0.3) is 0 Å². The van der Waals surface area contributed by atoms with Gasteiger partial charge in [-0.25, -0.2) is 0 Å². The SMILES string of the molecule is CCN(CC)C(=O)CN1CCC[C@H](c2cccc(-c3cccc(OC)c3)n2)C1. The second-order valence-electron chi connectivity index (χ2n) is 7.32. The van der Waals surface area contributed by atoms with E-state index in [2.05, 4.69) is 23.1 Å². The zero-order valence-electron chi connectivity index (χ0n) is 17.2. The summed E-state index contributed by atoms with van der Waals surface area (Å²) < 4.78 is 5.34. The van der Waals surface area contributed by atoms with Crippen molar-refractivity contribution in [1.82, 2.24) is 14.8 Å². The number of nitrogens with zero attached hydrogens (tertiary/aromatic N) is 3. The summed E-state index contributed by atoms with van der Waals surface area (Å²) in [5.41, 5.74) is 3.14. The Bertz CT molecular complexity index is 789. The first-order valence-corrected chi connectivity index (χ1v) is 10.3. The smallest absolute Gasteiger partial charge is 0.236 e. The molecule has 1 aromatic carbocycles. The van der Waals surface area contributed by atoms with Crippen LogP contribution in [0.2, 0.25) is 0 Å². The largest absolute Gasteiger partial charge is 0.497 e. The van der Waals surface area contributed by atoms with Crippen LogP contribution in [0.15, 0.2) is 42.5 Å². The molecule has 1 amide bonds. The summed E-state index contributed by atoms with van der Waals surface area (Å²) in [6.45, 7) is 8.00. The van der Waals surface area contributed by atoms with Crippen molar-refractivity contribution in [2.75, 3.05) is 39.8 Å². The number of ether oxygens (including phenoxy) is 1. The van der Waals surface area contributed by atoms with Crippen molar-refractivity contribution >= 4 is 5.91 Å². The average Bonchev–Trinajstić information content (AvgIpc) is 2.75. The second-order valence-corrected chi connectivity index (χ2v) is 7.32. The molecule has 5 nitrogen and oxygen atoms in total. The molecule has 5 heteroatoms. The van der Waals surface area contributed by atoms with Crippen LogP contribution in [-0.2, 0) is 4.79 Å². The maximum absolute atomic E-state index is 12.5. The minimum absolute atomic E-state index is 0.226. The van der Waals surface area contributed by atoms with Crippen LogP contribution in [0.3, 0.4) is 0 Å². The number of rotatable bonds is 7. The molecule has 150 valence electrons. The van der Waals surface area contributed by atoms with E-state index in [1.54, 1.807) is 7.11 Å². The standard InChI is InChI=1S/C23H31N3O2/c1-4-26(5-2)23(27)17-25-14-8-10-19(16-25)22-13-7-12-21(24-22)18-9-6-11-20(15-18)28-3/h6-7,9,11-13,15,19H,4-5,8,10,14,16-17H2,1-3H3/t19-/m0/s1. The molecule has 0 spiro atoms. The van der Waals surface area contributed by atoms with E-state index in [4.69, 9.17) is 9.72 Å². The number of carbonyl (C=O) groups excluding carboxylic acids is 1. The number of carbonyl (C=O) groups is 1. The van der Waals surface area contributed by atoms with Gasteiger partial charge in [-0.15, -0.1) is 0 Å². The van der Waals surface area contributed by atoms with Crippen LogP contribution in [-0.4, -0.2) is 60.5 Å². The van der Waals surface area contributed by atoms with Gasteiger partial charge in [-0.3, -0.25) is 14.7 Å². The summed E-state index contributed by atoms with van der Waals surface area (Å²) in [5.74, 6) is 1.43. The predicted molar refractivity (Wildman–Crippen MR) is 113 cm³/mol. The molecule has 0 N–H and O–H groups in total. The van der Waals surface area contributed by atoms with Gasteiger partial charge in [-0.05, 0) is 57.5 Å². The highest BCUT2D eigenvalue weighted by Crippen LogP contribution is 2.28.